The van der Waals surface area contributed by atoms with Crippen LogP contribution in [0.1, 0.15) is 22.7 Å². The highest BCUT2D eigenvalue weighted by molar-refractivity contribution is 5.76. The monoisotopic (exact) mass is 225 g/mol. The van der Waals surface area contributed by atoms with Crippen LogP contribution in [0.25, 0.3) is 11.1 Å². The molecule has 17 heavy (non-hydrogen) atoms. The Hall–Kier alpha value is -1.64. The molecular weight excluding hydrogens is 210 g/mol. The van der Waals surface area contributed by atoms with Crippen LogP contribution in [0, 0.1) is 0 Å². The Balaban J connectivity index is 2.07. The van der Waals surface area contributed by atoms with E-state index in [9.17, 15) is 0 Å². The van der Waals surface area contributed by atoms with Gasteiger partial charge in [-0.3, -0.25) is 0 Å². The van der Waals surface area contributed by atoms with E-state index in [4.69, 9.17) is 10.8 Å². The summed E-state index contributed by atoms with van der Waals surface area (Å²) in [5, 5.41) is 9.09. The molecule has 2 heteroatoms. The summed E-state index contributed by atoms with van der Waals surface area (Å²) >= 11 is 0. The molecule has 0 saturated carbocycles. The van der Waals surface area contributed by atoms with Crippen LogP contribution < -0.4 is 5.73 Å². The first-order chi connectivity index (χ1) is 8.29. The van der Waals surface area contributed by atoms with Crippen LogP contribution in [-0.4, -0.2) is 11.7 Å². The molecule has 1 aliphatic rings. The number of hydrogen-bond acceptors (Lipinski definition) is 2. The van der Waals surface area contributed by atoms with E-state index >= 15 is 0 Å². The first-order valence-corrected chi connectivity index (χ1v) is 5.87. The van der Waals surface area contributed by atoms with Crippen LogP contribution in [0.3, 0.4) is 0 Å². The standard InChI is InChI=1S/C15H15NO/c16-15(9-17)11-5-6-14-12(8-11)7-10-3-1-2-4-13(10)14/h1-6,8,15,17H,7,9,16H2/t15-/m1/s1. The average molecular weight is 225 g/mol. The van der Waals surface area contributed by atoms with Crippen LogP contribution in [0.15, 0.2) is 42.5 Å². The molecule has 0 spiro atoms. The lowest BCUT2D eigenvalue weighted by Gasteiger charge is -2.10. The largest absolute Gasteiger partial charge is 0.394 e. The van der Waals surface area contributed by atoms with Crippen molar-refractivity contribution in [2.45, 2.75) is 12.5 Å². The molecule has 86 valence electrons. The summed E-state index contributed by atoms with van der Waals surface area (Å²) in [6.07, 6.45) is 0.970. The molecule has 0 bridgehead atoms. The number of hydrogen-bond donors (Lipinski definition) is 2. The van der Waals surface area contributed by atoms with Crippen molar-refractivity contribution in [1.82, 2.24) is 0 Å². The first kappa shape index (κ1) is 10.5. The van der Waals surface area contributed by atoms with E-state index in [1.165, 1.54) is 22.3 Å². The molecule has 3 rings (SSSR count). The summed E-state index contributed by atoms with van der Waals surface area (Å²) in [4.78, 5) is 0. The van der Waals surface area contributed by atoms with Crippen molar-refractivity contribution < 1.29 is 5.11 Å². The zero-order chi connectivity index (χ0) is 11.8. The van der Waals surface area contributed by atoms with Crippen molar-refractivity contribution in [1.29, 1.82) is 0 Å². The van der Waals surface area contributed by atoms with E-state index in [0.717, 1.165) is 12.0 Å². The van der Waals surface area contributed by atoms with E-state index in [0.29, 0.717) is 0 Å². The lowest BCUT2D eigenvalue weighted by molar-refractivity contribution is 0.268. The first-order valence-electron chi connectivity index (χ1n) is 5.87. The zero-order valence-corrected chi connectivity index (χ0v) is 9.56. The van der Waals surface area contributed by atoms with Gasteiger partial charge in [0.05, 0.1) is 12.6 Å². The predicted octanol–water partition coefficient (Wildman–Crippen LogP) is 2.25. The Labute approximate surface area is 101 Å². The van der Waals surface area contributed by atoms with Gasteiger partial charge in [0, 0.05) is 0 Å². The van der Waals surface area contributed by atoms with E-state index in [2.05, 4.69) is 36.4 Å². The second-order valence-electron chi connectivity index (χ2n) is 4.54. The third-order valence-corrected chi connectivity index (χ3v) is 3.44. The Kier molecular flexibility index (Phi) is 2.46. The highest BCUT2D eigenvalue weighted by Gasteiger charge is 2.18. The summed E-state index contributed by atoms with van der Waals surface area (Å²) in [6.45, 7) is -0.00820. The lowest BCUT2D eigenvalue weighted by atomic mass is 10.0. The van der Waals surface area contributed by atoms with Crippen LogP contribution >= 0.6 is 0 Å². The molecule has 1 aliphatic carbocycles. The SMILES string of the molecule is N[C@H](CO)c1ccc2c(c1)Cc1ccccc1-2. The normalized spacial score (nSPS) is 14.2. The van der Waals surface area contributed by atoms with Gasteiger partial charge < -0.3 is 10.8 Å². The highest BCUT2D eigenvalue weighted by atomic mass is 16.3. The molecule has 0 amide bonds. The van der Waals surface area contributed by atoms with Gasteiger partial charge in [0.15, 0.2) is 0 Å². The molecule has 2 nitrogen and oxygen atoms in total. The molecule has 0 aliphatic heterocycles. The van der Waals surface area contributed by atoms with Gasteiger partial charge >= 0.3 is 0 Å². The van der Waals surface area contributed by atoms with Crippen LogP contribution in [-0.2, 0) is 6.42 Å². The third kappa shape index (κ3) is 1.66. The summed E-state index contributed by atoms with van der Waals surface area (Å²) in [6, 6.07) is 14.5. The van der Waals surface area contributed by atoms with E-state index in [-0.39, 0.29) is 12.6 Å². The topological polar surface area (TPSA) is 46.2 Å². The number of aliphatic hydroxyl groups excluding tert-OH is 1. The summed E-state index contributed by atoms with van der Waals surface area (Å²) in [5.41, 5.74) is 12.2. The van der Waals surface area contributed by atoms with Gasteiger partial charge in [0.1, 0.15) is 0 Å². The molecule has 2 aromatic rings. The Morgan fingerprint density at radius 1 is 1.06 bits per heavy atom. The fourth-order valence-corrected chi connectivity index (χ4v) is 2.50. The smallest absolute Gasteiger partial charge is 0.0624 e. The molecule has 0 saturated heterocycles. The second-order valence-corrected chi connectivity index (χ2v) is 4.54. The highest BCUT2D eigenvalue weighted by Crippen LogP contribution is 2.37. The maximum atomic E-state index is 9.09. The van der Waals surface area contributed by atoms with E-state index in [1.807, 2.05) is 6.07 Å². The molecular formula is C15H15NO. The Morgan fingerprint density at radius 3 is 2.65 bits per heavy atom. The minimum absolute atomic E-state index is 0.00820. The number of rotatable bonds is 2. The second kappa shape index (κ2) is 3.99. The number of aliphatic hydroxyl groups is 1. The van der Waals surface area contributed by atoms with Gasteiger partial charge in [-0.15, -0.1) is 0 Å². The fraction of sp³-hybridized carbons (Fsp3) is 0.200. The lowest BCUT2D eigenvalue weighted by Crippen LogP contribution is -2.14. The van der Waals surface area contributed by atoms with Gasteiger partial charge in [0.2, 0.25) is 0 Å². The number of fused-ring (bicyclic) bond motifs is 3. The third-order valence-electron chi connectivity index (χ3n) is 3.44. The summed E-state index contributed by atoms with van der Waals surface area (Å²) in [7, 11) is 0. The van der Waals surface area contributed by atoms with Gasteiger partial charge in [-0.2, -0.15) is 0 Å². The van der Waals surface area contributed by atoms with Crippen LogP contribution in [0.5, 0.6) is 0 Å². The summed E-state index contributed by atoms with van der Waals surface area (Å²) < 4.78 is 0. The van der Waals surface area contributed by atoms with Crippen molar-refractivity contribution in [3.63, 3.8) is 0 Å². The van der Waals surface area contributed by atoms with Gasteiger partial charge in [-0.25, -0.2) is 0 Å². The van der Waals surface area contributed by atoms with E-state index in [1.54, 1.807) is 0 Å². The minimum Gasteiger partial charge on any atom is -0.394 e. The van der Waals surface area contributed by atoms with Crippen molar-refractivity contribution >= 4 is 0 Å². The van der Waals surface area contributed by atoms with Gasteiger partial charge in [-0.05, 0) is 34.2 Å². The van der Waals surface area contributed by atoms with Crippen molar-refractivity contribution in [2.24, 2.45) is 5.73 Å². The van der Waals surface area contributed by atoms with Crippen molar-refractivity contribution in [2.75, 3.05) is 6.61 Å². The summed E-state index contributed by atoms with van der Waals surface area (Å²) in [5.74, 6) is 0. The average Bonchev–Trinajstić information content (AvgIpc) is 2.75. The van der Waals surface area contributed by atoms with Crippen molar-refractivity contribution in [3.8, 4) is 11.1 Å². The Bertz CT molecular complexity index is 563. The predicted molar refractivity (Wildman–Crippen MR) is 68.7 cm³/mol. The van der Waals surface area contributed by atoms with Gasteiger partial charge in [-0.1, -0.05) is 42.5 Å². The molecule has 0 aromatic heterocycles. The minimum atomic E-state index is -0.274. The maximum Gasteiger partial charge on any atom is 0.0624 e. The van der Waals surface area contributed by atoms with Crippen LogP contribution in [0.2, 0.25) is 0 Å². The molecule has 0 unspecified atom stereocenters. The quantitative estimate of drug-likeness (QED) is 0.702. The number of benzene rings is 2. The van der Waals surface area contributed by atoms with Crippen LogP contribution in [0.4, 0.5) is 0 Å². The van der Waals surface area contributed by atoms with E-state index < -0.39 is 0 Å². The number of nitrogens with two attached hydrogens (primary N) is 1. The molecule has 0 heterocycles. The maximum absolute atomic E-state index is 9.09. The molecule has 1 atom stereocenters. The fourth-order valence-electron chi connectivity index (χ4n) is 2.50. The molecule has 0 fully saturated rings. The Morgan fingerprint density at radius 2 is 1.82 bits per heavy atom. The molecule has 3 N–H and O–H groups in total. The molecule has 0 radical (unpaired) electrons. The van der Waals surface area contributed by atoms with Gasteiger partial charge in [0.25, 0.3) is 0 Å². The van der Waals surface area contributed by atoms with Crippen molar-refractivity contribution in [3.05, 3.63) is 59.2 Å². The molecule has 2 aromatic carbocycles. The zero-order valence-electron chi connectivity index (χ0n) is 9.56.